The van der Waals surface area contributed by atoms with Gasteiger partial charge in [-0.1, -0.05) is 12.1 Å². The van der Waals surface area contributed by atoms with Gasteiger partial charge in [0.2, 0.25) is 5.69 Å². The minimum Gasteiger partial charge on any atom is -0.501 e. The number of ether oxygens (including phenoxy) is 2. The van der Waals surface area contributed by atoms with E-state index in [0.29, 0.717) is 33.7 Å². The highest BCUT2D eigenvalue weighted by Gasteiger charge is 2.33. The molecule has 2 heterocycles. The van der Waals surface area contributed by atoms with E-state index in [1.807, 2.05) is 0 Å². The van der Waals surface area contributed by atoms with Gasteiger partial charge in [0.05, 0.1) is 30.3 Å². The number of carbonyl (C=O) groups is 1. The third kappa shape index (κ3) is 4.43. The van der Waals surface area contributed by atoms with Crippen LogP contribution in [0.15, 0.2) is 41.5 Å². The lowest BCUT2D eigenvalue weighted by Gasteiger charge is -2.18. The Hall–Kier alpha value is -4.17. The van der Waals surface area contributed by atoms with Gasteiger partial charge < -0.3 is 15.2 Å². The number of nitrogens with zero attached hydrogens (tertiary/aromatic N) is 4. The topological polar surface area (TPSA) is 96.1 Å². The van der Waals surface area contributed by atoms with Crippen LogP contribution < -0.4 is 15.2 Å². The van der Waals surface area contributed by atoms with Crippen LogP contribution >= 0.6 is 0 Å². The number of aromatic nitrogens is 2. The molecule has 0 bridgehead atoms. The summed E-state index contributed by atoms with van der Waals surface area (Å²) in [5, 5.41) is 4.31. The van der Waals surface area contributed by atoms with Crippen molar-refractivity contribution in [1.29, 1.82) is 0 Å². The fraction of sp³-hybridized carbons (Fsp3) is 0.280. The molecule has 2 aromatic carbocycles. The lowest BCUT2D eigenvalue weighted by molar-refractivity contribution is -0.274. The standard InChI is InChI=1S/C25H20F3N5O3/c1-30-23-18(8-15(36-25(26,27)28)9-22(23)35-14-4-5-14)24-19(11-32-33(24)2)13-3-6-16-17(7-13)20(10-29)31-12-21(16)34/h3,6-9,11,14H,4-5,10,12,29H2,2H3. The molecule has 184 valence electrons. The predicted octanol–water partition coefficient (Wildman–Crippen LogP) is 4.69. The number of aryl methyl sites for hydroxylation is 1. The van der Waals surface area contributed by atoms with Crippen LogP contribution in [0, 0.1) is 6.57 Å². The molecule has 8 nitrogen and oxygen atoms in total. The molecule has 11 heteroatoms. The van der Waals surface area contributed by atoms with Gasteiger partial charge in [0.1, 0.15) is 18.0 Å². The van der Waals surface area contributed by atoms with Crippen molar-refractivity contribution in [2.24, 2.45) is 17.8 Å². The van der Waals surface area contributed by atoms with Crippen LogP contribution in [-0.4, -0.2) is 46.8 Å². The second-order valence-electron chi connectivity index (χ2n) is 8.48. The molecule has 0 amide bonds. The van der Waals surface area contributed by atoms with Gasteiger partial charge in [-0.15, -0.1) is 13.2 Å². The number of alkyl halides is 3. The van der Waals surface area contributed by atoms with E-state index in [-0.39, 0.29) is 42.0 Å². The largest absolute Gasteiger partial charge is 0.573 e. The van der Waals surface area contributed by atoms with Crippen LogP contribution in [0.5, 0.6) is 11.5 Å². The Morgan fingerprint density at radius 2 is 1.94 bits per heavy atom. The Balaban J connectivity index is 1.69. The Morgan fingerprint density at radius 3 is 2.61 bits per heavy atom. The Bertz CT molecular complexity index is 1450. The van der Waals surface area contributed by atoms with Gasteiger partial charge in [0.15, 0.2) is 5.78 Å². The van der Waals surface area contributed by atoms with Gasteiger partial charge >= 0.3 is 6.36 Å². The van der Waals surface area contributed by atoms with Crippen molar-refractivity contribution in [2.45, 2.75) is 25.3 Å². The van der Waals surface area contributed by atoms with Crippen molar-refractivity contribution in [1.82, 2.24) is 9.78 Å². The molecule has 1 aliphatic carbocycles. The van der Waals surface area contributed by atoms with Gasteiger partial charge in [0.25, 0.3) is 0 Å². The van der Waals surface area contributed by atoms with Gasteiger partial charge in [-0.3, -0.25) is 14.5 Å². The molecule has 0 saturated heterocycles. The molecule has 2 N–H and O–H groups in total. The highest BCUT2D eigenvalue weighted by Crippen LogP contribution is 2.47. The summed E-state index contributed by atoms with van der Waals surface area (Å²) in [5.41, 5.74) is 9.32. The van der Waals surface area contributed by atoms with Crippen LogP contribution in [-0.2, 0) is 7.05 Å². The smallest absolute Gasteiger partial charge is 0.501 e. The first-order valence-corrected chi connectivity index (χ1v) is 11.1. The van der Waals surface area contributed by atoms with E-state index in [1.165, 1.54) is 4.68 Å². The first-order chi connectivity index (χ1) is 17.2. The van der Waals surface area contributed by atoms with Crippen LogP contribution in [0.4, 0.5) is 18.9 Å². The zero-order chi connectivity index (χ0) is 25.6. The molecule has 2 aliphatic rings. The summed E-state index contributed by atoms with van der Waals surface area (Å²) in [6, 6.07) is 7.41. The number of nitrogens with two attached hydrogens (primary N) is 1. The van der Waals surface area contributed by atoms with Gasteiger partial charge in [0, 0.05) is 41.9 Å². The lowest BCUT2D eigenvalue weighted by atomic mass is 9.91. The van der Waals surface area contributed by atoms with E-state index in [1.54, 1.807) is 31.4 Å². The van der Waals surface area contributed by atoms with Crippen molar-refractivity contribution in [3.8, 4) is 33.9 Å². The van der Waals surface area contributed by atoms with Crippen molar-refractivity contribution in [3.05, 3.63) is 59.1 Å². The minimum atomic E-state index is -4.92. The third-order valence-electron chi connectivity index (χ3n) is 5.95. The van der Waals surface area contributed by atoms with Gasteiger partial charge in [-0.05, 0) is 30.5 Å². The summed E-state index contributed by atoms with van der Waals surface area (Å²) >= 11 is 0. The number of halogens is 3. The maximum Gasteiger partial charge on any atom is 0.573 e. The number of carbonyl (C=O) groups excluding carboxylic acids is 1. The molecule has 36 heavy (non-hydrogen) atoms. The quantitative estimate of drug-likeness (QED) is 0.501. The average molecular weight is 495 g/mol. The maximum atomic E-state index is 13.1. The Labute approximate surface area is 204 Å². The van der Waals surface area contributed by atoms with Crippen molar-refractivity contribution in [2.75, 3.05) is 13.1 Å². The molecular weight excluding hydrogens is 475 g/mol. The molecule has 0 radical (unpaired) electrons. The maximum absolute atomic E-state index is 13.1. The number of Topliss-reactive ketones (excluding diaryl/α,β-unsaturated/α-hetero) is 1. The number of hydrogen-bond donors (Lipinski definition) is 1. The van der Waals surface area contributed by atoms with Crippen LogP contribution in [0.1, 0.15) is 28.8 Å². The molecule has 0 atom stereocenters. The second kappa shape index (κ2) is 8.80. The molecule has 1 fully saturated rings. The highest BCUT2D eigenvalue weighted by atomic mass is 19.4. The second-order valence-corrected chi connectivity index (χ2v) is 8.48. The summed E-state index contributed by atoms with van der Waals surface area (Å²) in [6.07, 6.45) is -2.02. The molecule has 5 rings (SSSR count). The van der Waals surface area contributed by atoms with Gasteiger partial charge in [-0.25, -0.2) is 4.85 Å². The Morgan fingerprint density at radius 1 is 1.17 bits per heavy atom. The number of ketones is 1. The number of benzene rings is 2. The summed E-state index contributed by atoms with van der Waals surface area (Å²) in [7, 11) is 1.62. The summed E-state index contributed by atoms with van der Waals surface area (Å²) in [6.45, 7) is 7.94. The van der Waals surface area contributed by atoms with E-state index in [9.17, 15) is 18.0 Å². The van der Waals surface area contributed by atoms with E-state index >= 15 is 0 Å². The summed E-state index contributed by atoms with van der Waals surface area (Å²) in [4.78, 5) is 20.2. The highest BCUT2D eigenvalue weighted by molar-refractivity contribution is 6.16. The van der Waals surface area contributed by atoms with E-state index in [2.05, 4.69) is 19.7 Å². The third-order valence-corrected chi connectivity index (χ3v) is 5.95. The molecule has 0 spiro atoms. The number of hydrogen-bond acceptors (Lipinski definition) is 6. The molecule has 0 unspecified atom stereocenters. The molecule has 1 saturated carbocycles. The fourth-order valence-corrected chi connectivity index (χ4v) is 4.20. The average Bonchev–Trinajstić information content (AvgIpc) is 3.56. The number of aliphatic imine (C=N–C) groups is 1. The zero-order valence-electron chi connectivity index (χ0n) is 19.1. The van der Waals surface area contributed by atoms with Crippen molar-refractivity contribution >= 4 is 17.2 Å². The van der Waals surface area contributed by atoms with E-state index in [0.717, 1.165) is 25.0 Å². The van der Waals surface area contributed by atoms with Crippen molar-refractivity contribution < 1.29 is 27.4 Å². The normalized spacial score (nSPS) is 15.2. The molecular formula is C25H20F3N5O3. The van der Waals surface area contributed by atoms with Gasteiger partial charge in [-0.2, -0.15) is 5.10 Å². The monoisotopic (exact) mass is 495 g/mol. The molecule has 1 aromatic heterocycles. The number of rotatable bonds is 6. The van der Waals surface area contributed by atoms with Crippen LogP contribution in [0.2, 0.25) is 0 Å². The van der Waals surface area contributed by atoms with Crippen LogP contribution in [0.25, 0.3) is 27.2 Å². The SMILES string of the molecule is [C-]#[N+]c1c(OC2CC2)cc(OC(F)(F)F)cc1-c1c(-c2ccc3c(c2)C(CN)=NCC3=O)cnn1C. The Kier molecular flexibility index (Phi) is 5.76. The first-order valence-electron chi connectivity index (χ1n) is 11.1. The van der Waals surface area contributed by atoms with E-state index < -0.39 is 12.1 Å². The fourth-order valence-electron chi connectivity index (χ4n) is 4.20. The lowest BCUT2D eigenvalue weighted by Crippen LogP contribution is -2.24. The minimum absolute atomic E-state index is 0.0185. The summed E-state index contributed by atoms with van der Waals surface area (Å²) in [5.74, 6) is -0.611. The zero-order valence-corrected chi connectivity index (χ0v) is 19.1. The predicted molar refractivity (Wildman–Crippen MR) is 125 cm³/mol. The number of fused-ring (bicyclic) bond motifs is 1. The van der Waals surface area contributed by atoms with Crippen LogP contribution in [0.3, 0.4) is 0 Å². The molecule has 3 aromatic rings. The molecule has 1 aliphatic heterocycles. The first kappa shape index (κ1) is 23.6. The summed E-state index contributed by atoms with van der Waals surface area (Å²) < 4.78 is 50.8. The van der Waals surface area contributed by atoms with E-state index in [4.69, 9.17) is 17.0 Å². The van der Waals surface area contributed by atoms with Crippen molar-refractivity contribution in [3.63, 3.8) is 0 Å².